The number of hydrogen-bond acceptors (Lipinski definition) is 6. The number of methoxy groups -OCH3 is 1. The van der Waals surface area contributed by atoms with E-state index in [1.165, 1.54) is 23.0 Å². The highest BCUT2D eigenvalue weighted by Crippen LogP contribution is 2.37. The number of hydrogen-bond donors (Lipinski definition) is 2. The third-order valence-electron chi connectivity index (χ3n) is 4.30. The molecule has 0 spiro atoms. The monoisotopic (exact) mass is 516 g/mol. The molecule has 0 aliphatic rings. The molecule has 2 aromatic carbocycles. The van der Waals surface area contributed by atoms with E-state index in [9.17, 15) is 9.59 Å². The largest absolute Gasteiger partial charge is 0.493 e. The number of thiazole rings is 1. The molecule has 32 heavy (non-hydrogen) atoms. The molecule has 3 rings (SSSR count). The van der Waals surface area contributed by atoms with Gasteiger partial charge in [-0.05, 0) is 52.2 Å². The van der Waals surface area contributed by atoms with E-state index in [0.29, 0.717) is 33.4 Å². The van der Waals surface area contributed by atoms with Crippen LogP contribution in [-0.2, 0) is 22.6 Å². The molecule has 0 aliphatic carbocycles. The molecule has 9 heteroatoms. The fourth-order valence-corrected chi connectivity index (χ4v) is 4.02. The smallest absolute Gasteiger partial charge is 0.309 e. The van der Waals surface area contributed by atoms with Crippen molar-refractivity contribution in [3.05, 3.63) is 74.7 Å². The number of rotatable bonds is 9. The van der Waals surface area contributed by atoms with Crippen LogP contribution in [0.1, 0.15) is 22.4 Å². The predicted molar refractivity (Wildman–Crippen MR) is 127 cm³/mol. The van der Waals surface area contributed by atoms with E-state index in [2.05, 4.69) is 26.2 Å². The molecule has 3 aromatic rings. The molecule has 0 atom stereocenters. The van der Waals surface area contributed by atoms with E-state index in [1.807, 2.05) is 37.3 Å². The molecule has 0 unspecified atom stereocenters. The summed E-state index contributed by atoms with van der Waals surface area (Å²) in [6, 6.07) is 11.7. The van der Waals surface area contributed by atoms with Crippen LogP contribution in [0.15, 0.2) is 52.3 Å². The number of carbonyl (C=O) groups is 2. The number of anilines is 1. The fraction of sp³-hybridized carbons (Fsp3) is 0.174. The average Bonchev–Trinajstić information content (AvgIpc) is 3.18. The third-order valence-corrected chi connectivity index (χ3v) is 5.69. The van der Waals surface area contributed by atoms with Gasteiger partial charge in [0.2, 0.25) is 5.91 Å². The zero-order valence-electron chi connectivity index (χ0n) is 17.4. The minimum absolute atomic E-state index is 0.186. The molecule has 0 bridgehead atoms. The maximum absolute atomic E-state index is 12.2. The molecule has 1 amide bonds. The topological polar surface area (TPSA) is 97.8 Å². The third kappa shape index (κ3) is 6.66. The minimum Gasteiger partial charge on any atom is -0.493 e. The lowest BCUT2D eigenvalue weighted by molar-refractivity contribution is -0.136. The number of carbonyl (C=O) groups excluding carboxylic acids is 1. The van der Waals surface area contributed by atoms with Crippen molar-refractivity contribution in [3.8, 4) is 11.5 Å². The number of aryl methyl sites for hydroxylation is 1. The Labute approximate surface area is 197 Å². The summed E-state index contributed by atoms with van der Waals surface area (Å²) < 4.78 is 12.1. The molecular weight excluding hydrogens is 496 g/mol. The molecule has 0 saturated heterocycles. The lowest BCUT2D eigenvalue weighted by Gasteiger charge is -2.14. The van der Waals surface area contributed by atoms with Gasteiger partial charge in [0.1, 0.15) is 6.61 Å². The summed E-state index contributed by atoms with van der Waals surface area (Å²) in [5.41, 5.74) is 3.36. The van der Waals surface area contributed by atoms with Crippen LogP contribution in [0.25, 0.3) is 6.08 Å². The molecule has 0 saturated carbocycles. The highest BCUT2D eigenvalue weighted by atomic mass is 79.9. The van der Waals surface area contributed by atoms with Crippen LogP contribution in [0.3, 0.4) is 0 Å². The van der Waals surface area contributed by atoms with Crippen molar-refractivity contribution in [2.75, 3.05) is 12.4 Å². The molecular formula is C23H21BrN2O5S. The molecule has 166 valence electrons. The fourth-order valence-electron chi connectivity index (χ4n) is 2.74. The number of aliphatic carboxylic acids is 1. The summed E-state index contributed by atoms with van der Waals surface area (Å²) in [6.07, 6.45) is 2.82. The van der Waals surface area contributed by atoms with E-state index < -0.39 is 5.97 Å². The van der Waals surface area contributed by atoms with E-state index >= 15 is 0 Å². The Bertz CT molecular complexity index is 1140. The van der Waals surface area contributed by atoms with Gasteiger partial charge < -0.3 is 14.6 Å². The normalized spacial score (nSPS) is 10.8. The highest BCUT2D eigenvalue weighted by molar-refractivity contribution is 9.10. The zero-order chi connectivity index (χ0) is 23.1. The number of ether oxygens (including phenoxy) is 2. The van der Waals surface area contributed by atoms with Crippen molar-refractivity contribution in [2.45, 2.75) is 20.0 Å². The molecule has 1 heterocycles. The summed E-state index contributed by atoms with van der Waals surface area (Å²) in [4.78, 5) is 27.0. The summed E-state index contributed by atoms with van der Waals surface area (Å²) in [6.45, 7) is 2.43. The van der Waals surface area contributed by atoms with Gasteiger partial charge in [0.15, 0.2) is 16.6 Å². The molecule has 0 radical (unpaired) electrons. The predicted octanol–water partition coefficient (Wildman–Crippen LogP) is 5.08. The Morgan fingerprint density at radius 2 is 2.00 bits per heavy atom. The van der Waals surface area contributed by atoms with E-state index in [1.54, 1.807) is 24.6 Å². The van der Waals surface area contributed by atoms with Crippen LogP contribution in [0.5, 0.6) is 11.5 Å². The first-order chi connectivity index (χ1) is 15.3. The first-order valence-corrected chi connectivity index (χ1v) is 11.2. The Kier molecular flexibility index (Phi) is 8.02. The van der Waals surface area contributed by atoms with Crippen molar-refractivity contribution in [1.29, 1.82) is 0 Å². The first-order valence-electron chi connectivity index (χ1n) is 9.55. The number of carboxylic acid groups (broad SMARTS) is 1. The number of halogens is 1. The Balaban J connectivity index is 1.65. The van der Waals surface area contributed by atoms with E-state index in [0.717, 1.165) is 11.1 Å². The van der Waals surface area contributed by atoms with Crippen LogP contribution >= 0.6 is 27.3 Å². The minimum atomic E-state index is -0.973. The van der Waals surface area contributed by atoms with Crippen LogP contribution < -0.4 is 14.8 Å². The summed E-state index contributed by atoms with van der Waals surface area (Å²) in [5.74, 6) is -0.247. The quantitative estimate of drug-likeness (QED) is 0.385. The number of benzene rings is 2. The second-order valence-corrected chi connectivity index (χ2v) is 8.56. The van der Waals surface area contributed by atoms with E-state index in [4.69, 9.17) is 14.6 Å². The Morgan fingerprint density at radius 3 is 2.69 bits per heavy atom. The number of nitrogens with zero attached hydrogens (tertiary/aromatic N) is 1. The SMILES string of the molecule is COc1cc(/C=C/C(=O)Nc2nc(CC(=O)O)cs2)cc(Br)c1OCc1ccc(C)cc1. The number of amides is 1. The molecule has 0 aliphatic heterocycles. The van der Waals surface area contributed by atoms with Crippen molar-refractivity contribution in [2.24, 2.45) is 0 Å². The molecule has 2 N–H and O–H groups in total. The van der Waals surface area contributed by atoms with Gasteiger partial charge in [-0.1, -0.05) is 29.8 Å². The Morgan fingerprint density at radius 1 is 1.25 bits per heavy atom. The van der Waals surface area contributed by atoms with Crippen molar-refractivity contribution < 1.29 is 24.2 Å². The second-order valence-electron chi connectivity index (χ2n) is 6.85. The van der Waals surface area contributed by atoms with Crippen LogP contribution in [0.2, 0.25) is 0 Å². The summed E-state index contributed by atoms with van der Waals surface area (Å²) in [5, 5.41) is 13.4. The molecule has 7 nitrogen and oxygen atoms in total. The summed E-state index contributed by atoms with van der Waals surface area (Å²) in [7, 11) is 1.55. The lowest BCUT2D eigenvalue weighted by Crippen LogP contribution is -2.08. The summed E-state index contributed by atoms with van der Waals surface area (Å²) >= 11 is 4.68. The van der Waals surface area contributed by atoms with Crippen LogP contribution in [-0.4, -0.2) is 29.1 Å². The maximum Gasteiger partial charge on any atom is 0.309 e. The van der Waals surface area contributed by atoms with Gasteiger partial charge >= 0.3 is 5.97 Å². The highest BCUT2D eigenvalue weighted by Gasteiger charge is 2.12. The van der Waals surface area contributed by atoms with Gasteiger partial charge in [0.05, 0.1) is 23.7 Å². The number of nitrogens with one attached hydrogen (secondary N) is 1. The van der Waals surface area contributed by atoms with Gasteiger partial charge in [-0.3, -0.25) is 14.9 Å². The van der Waals surface area contributed by atoms with Crippen molar-refractivity contribution >= 4 is 50.4 Å². The van der Waals surface area contributed by atoms with Gasteiger partial charge in [0.25, 0.3) is 0 Å². The van der Waals surface area contributed by atoms with Crippen molar-refractivity contribution in [1.82, 2.24) is 4.98 Å². The zero-order valence-corrected chi connectivity index (χ0v) is 19.8. The van der Waals surface area contributed by atoms with Gasteiger partial charge in [0, 0.05) is 11.5 Å². The number of aromatic nitrogens is 1. The average molecular weight is 517 g/mol. The van der Waals surface area contributed by atoms with Crippen LogP contribution in [0, 0.1) is 6.92 Å². The molecule has 1 aromatic heterocycles. The second kappa shape index (κ2) is 10.9. The van der Waals surface area contributed by atoms with E-state index in [-0.39, 0.29) is 12.3 Å². The lowest BCUT2D eigenvalue weighted by atomic mass is 10.1. The standard InChI is InChI=1S/C23H21BrN2O5S/c1-14-3-5-15(6-4-14)12-31-22-18(24)9-16(10-19(22)30-2)7-8-20(27)26-23-25-17(13-32-23)11-21(28)29/h3-10,13H,11-12H2,1-2H3,(H,28,29)(H,25,26,27)/b8-7+. The van der Waals surface area contributed by atoms with Crippen molar-refractivity contribution in [3.63, 3.8) is 0 Å². The number of carboxylic acids is 1. The molecule has 0 fully saturated rings. The van der Waals surface area contributed by atoms with Crippen LogP contribution in [0.4, 0.5) is 5.13 Å². The van der Waals surface area contributed by atoms with Gasteiger partial charge in [-0.25, -0.2) is 4.98 Å². The Hall–Kier alpha value is -3.17. The first kappa shape index (κ1) is 23.5. The van der Waals surface area contributed by atoms with Gasteiger partial charge in [-0.2, -0.15) is 0 Å². The van der Waals surface area contributed by atoms with Gasteiger partial charge in [-0.15, -0.1) is 11.3 Å². The maximum atomic E-state index is 12.2.